The first-order chi connectivity index (χ1) is 23.1. The molecule has 7 rings (SSSR count). The number of nitrogens with zero attached hydrogens (tertiary/aromatic N) is 4. The molecule has 0 saturated carbocycles. The van der Waals surface area contributed by atoms with Crippen molar-refractivity contribution in [2.75, 3.05) is 19.6 Å². The van der Waals surface area contributed by atoms with Gasteiger partial charge in [-0.05, 0) is 112 Å². The molecule has 3 aliphatic heterocycles. The van der Waals surface area contributed by atoms with Crippen LogP contribution in [0.3, 0.4) is 0 Å². The molecule has 3 aliphatic rings. The molecule has 10 heteroatoms. The number of para-hydroxylation sites is 2. The van der Waals surface area contributed by atoms with Crippen LogP contribution >= 0.6 is 11.6 Å². The van der Waals surface area contributed by atoms with E-state index in [2.05, 4.69) is 71.0 Å². The second kappa shape index (κ2) is 13.6. The highest BCUT2D eigenvalue weighted by Crippen LogP contribution is 2.45. The molecule has 254 valence electrons. The highest BCUT2D eigenvalue weighted by Gasteiger charge is 2.44. The number of rotatable bonds is 10. The van der Waals surface area contributed by atoms with Gasteiger partial charge in [-0.1, -0.05) is 60.1 Å². The van der Waals surface area contributed by atoms with Crippen LogP contribution in [-0.4, -0.2) is 65.4 Å². The molecular weight excluding hydrogens is 642 g/mol. The molecule has 8 nitrogen and oxygen atoms in total. The van der Waals surface area contributed by atoms with E-state index < -0.39 is 10.0 Å². The molecule has 2 atom stereocenters. The zero-order chi connectivity index (χ0) is 33.5. The minimum absolute atomic E-state index is 0.0545. The van der Waals surface area contributed by atoms with E-state index in [0.29, 0.717) is 37.4 Å². The van der Waals surface area contributed by atoms with Crippen molar-refractivity contribution in [3.63, 3.8) is 0 Å². The van der Waals surface area contributed by atoms with Gasteiger partial charge in [0.05, 0.1) is 16.1 Å². The van der Waals surface area contributed by atoms with Crippen molar-refractivity contribution in [3.8, 4) is 0 Å². The van der Waals surface area contributed by atoms with E-state index >= 15 is 0 Å². The molecule has 3 aromatic carbocycles. The van der Waals surface area contributed by atoms with Gasteiger partial charge in [0.1, 0.15) is 10.7 Å². The number of piperidine rings is 2. The minimum atomic E-state index is -3.90. The summed E-state index contributed by atoms with van der Waals surface area (Å²) in [6, 6.07) is 26.1. The summed E-state index contributed by atoms with van der Waals surface area (Å²) in [5.41, 5.74) is 4.62. The molecular formula is C38H46ClN5O3S. The summed E-state index contributed by atoms with van der Waals surface area (Å²) in [7, 11) is -3.90. The quantitative estimate of drug-likeness (QED) is 0.198. The number of fused-ring (bicyclic) bond motifs is 3. The van der Waals surface area contributed by atoms with Gasteiger partial charge in [0, 0.05) is 37.6 Å². The number of benzene rings is 3. The maximum atomic E-state index is 13.3. The molecule has 2 N–H and O–H groups in total. The van der Waals surface area contributed by atoms with Crippen LogP contribution in [0.4, 0.5) is 0 Å². The van der Waals surface area contributed by atoms with Crippen LogP contribution in [-0.2, 0) is 26.7 Å². The monoisotopic (exact) mass is 687 g/mol. The van der Waals surface area contributed by atoms with Crippen LogP contribution in [0.5, 0.6) is 0 Å². The summed E-state index contributed by atoms with van der Waals surface area (Å²) in [6.07, 6.45) is 9.57. The fraction of sp³-hybridized carbons (Fsp3) is 0.474. The van der Waals surface area contributed by atoms with E-state index in [1.165, 1.54) is 42.8 Å². The van der Waals surface area contributed by atoms with E-state index in [9.17, 15) is 13.2 Å². The predicted molar refractivity (Wildman–Crippen MR) is 191 cm³/mol. The first-order valence-corrected chi connectivity index (χ1v) is 19.4. The van der Waals surface area contributed by atoms with Gasteiger partial charge in [0.15, 0.2) is 0 Å². The molecule has 4 aromatic rings. The summed E-state index contributed by atoms with van der Waals surface area (Å²) < 4.78 is 26.2. The Bertz CT molecular complexity index is 1870. The zero-order valence-electron chi connectivity index (χ0n) is 27.7. The SMILES string of the molecule is Cc1nc2ccccc2n1C1CC2CCC(C1)N2CCC1(c2ccccc2)CCN(C(=O)CCCc2ccc(Cl)c(S(N)(=O)=O)c2)CC1. The summed E-state index contributed by atoms with van der Waals surface area (Å²) >= 11 is 6.04. The first-order valence-electron chi connectivity index (χ1n) is 17.5. The lowest BCUT2D eigenvalue weighted by molar-refractivity contribution is -0.133. The number of likely N-dealkylation sites (tertiary alicyclic amines) is 1. The normalized spacial score (nSPS) is 22.7. The number of amides is 1. The molecule has 3 saturated heterocycles. The number of aromatic nitrogens is 2. The third-order valence-electron chi connectivity index (χ3n) is 11.5. The second-order valence-corrected chi connectivity index (χ2v) is 16.1. The van der Waals surface area contributed by atoms with Crippen LogP contribution in [0.25, 0.3) is 11.0 Å². The third-order valence-corrected chi connectivity index (χ3v) is 12.9. The molecule has 3 fully saturated rings. The van der Waals surface area contributed by atoms with Crippen LogP contribution in [0.2, 0.25) is 5.02 Å². The number of imidazole rings is 1. The van der Waals surface area contributed by atoms with Crippen molar-refractivity contribution in [3.05, 3.63) is 94.8 Å². The maximum absolute atomic E-state index is 13.3. The molecule has 4 heterocycles. The molecule has 1 amide bonds. The van der Waals surface area contributed by atoms with Crippen LogP contribution in [0.1, 0.15) is 80.8 Å². The van der Waals surface area contributed by atoms with E-state index in [1.807, 2.05) is 4.90 Å². The second-order valence-electron chi connectivity index (χ2n) is 14.2. The number of nitrogens with two attached hydrogens (primary N) is 1. The van der Waals surface area contributed by atoms with Crippen LogP contribution in [0, 0.1) is 6.92 Å². The molecule has 2 bridgehead atoms. The van der Waals surface area contributed by atoms with Crippen molar-refractivity contribution in [2.24, 2.45) is 5.14 Å². The molecule has 0 radical (unpaired) electrons. The highest BCUT2D eigenvalue weighted by atomic mass is 35.5. The fourth-order valence-electron chi connectivity index (χ4n) is 8.97. The number of sulfonamides is 1. The summed E-state index contributed by atoms with van der Waals surface area (Å²) in [6.45, 7) is 4.76. The van der Waals surface area contributed by atoms with Gasteiger partial charge in [-0.25, -0.2) is 18.5 Å². The number of halogens is 1. The zero-order valence-corrected chi connectivity index (χ0v) is 29.3. The Morgan fingerprint density at radius 3 is 2.35 bits per heavy atom. The van der Waals surface area contributed by atoms with Gasteiger partial charge in [-0.3, -0.25) is 9.69 Å². The molecule has 0 aliphatic carbocycles. The Labute approximate surface area is 289 Å². The number of hydrogen-bond donors (Lipinski definition) is 1. The van der Waals surface area contributed by atoms with Crippen molar-refractivity contribution in [1.82, 2.24) is 19.4 Å². The fourth-order valence-corrected chi connectivity index (χ4v) is 10.1. The minimum Gasteiger partial charge on any atom is -0.343 e. The molecule has 0 spiro atoms. The van der Waals surface area contributed by atoms with E-state index in [0.717, 1.165) is 55.8 Å². The third kappa shape index (κ3) is 6.67. The van der Waals surface area contributed by atoms with Crippen molar-refractivity contribution >= 4 is 38.6 Å². The van der Waals surface area contributed by atoms with Crippen molar-refractivity contribution in [2.45, 2.75) is 99.6 Å². The predicted octanol–water partition coefficient (Wildman–Crippen LogP) is 6.79. The Morgan fingerprint density at radius 2 is 1.65 bits per heavy atom. The maximum Gasteiger partial charge on any atom is 0.239 e. The van der Waals surface area contributed by atoms with E-state index in [4.69, 9.17) is 21.7 Å². The lowest BCUT2D eigenvalue weighted by Crippen LogP contribution is -2.49. The van der Waals surface area contributed by atoms with E-state index in [-0.39, 0.29) is 21.2 Å². The van der Waals surface area contributed by atoms with Crippen molar-refractivity contribution in [1.29, 1.82) is 0 Å². The summed E-state index contributed by atoms with van der Waals surface area (Å²) in [4.78, 5) is 23.0. The van der Waals surface area contributed by atoms with Crippen molar-refractivity contribution < 1.29 is 13.2 Å². The number of hydrogen-bond acceptors (Lipinski definition) is 5. The molecule has 48 heavy (non-hydrogen) atoms. The number of aryl methyl sites for hydroxylation is 2. The molecule has 1 aromatic heterocycles. The average molecular weight is 688 g/mol. The average Bonchev–Trinajstić information content (AvgIpc) is 3.54. The van der Waals surface area contributed by atoms with Crippen LogP contribution in [0.15, 0.2) is 77.7 Å². The number of carbonyl (C=O) groups excluding carboxylic acids is 1. The van der Waals surface area contributed by atoms with Gasteiger partial charge in [-0.2, -0.15) is 0 Å². The molecule has 2 unspecified atom stereocenters. The van der Waals surface area contributed by atoms with Gasteiger partial charge in [-0.15, -0.1) is 0 Å². The Kier molecular flexibility index (Phi) is 9.41. The van der Waals surface area contributed by atoms with Gasteiger partial charge >= 0.3 is 0 Å². The van der Waals surface area contributed by atoms with Crippen LogP contribution < -0.4 is 5.14 Å². The Balaban J connectivity index is 0.975. The van der Waals surface area contributed by atoms with Gasteiger partial charge in [0.2, 0.25) is 15.9 Å². The topological polar surface area (TPSA) is 102 Å². The Morgan fingerprint density at radius 1 is 0.958 bits per heavy atom. The summed E-state index contributed by atoms with van der Waals surface area (Å²) in [5.74, 6) is 1.29. The number of carbonyl (C=O) groups is 1. The summed E-state index contributed by atoms with van der Waals surface area (Å²) in [5, 5.41) is 5.43. The highest BCUT2D eigenvalue weighted by molar-refractivity contribution is 7.89. The number of primary sulfonamides is 1. The van der Waals surface area contributed by atoms with E-state index in [1.54, 1.807) is 12.1 Å². The smallest absolute Gasteiger partial charge is 0.239 e. The Hall–Kier alpha value is -3.24. The van der Waals surface area contributed by atoms with Gasteiger partial charge < -0.3 is 9.47 Å². The standard InChI is InChI=1S/C38H46ClN5O3S/c1-27-41-34-11-5-6-12-35(34)44(27)32-25-30-15-16-31(26-32)43(30)23-20-38(29-9-3-2-4-10-29)18-21-42(22-19-38)37(45)13-7-8-28-14-17-33(39)36(24-28)48(40,46)47/h2-6,9-12,14,17,24,30-32H,7-8,13,15-16,18-23,25-26H2,1H3,(H2,40,46,47). The lowest BCUT2D eigenvalue weighted by atomic mass is 9.70. The largest absolute Gasteiger partial charge is 0.343 e. The lowest BCUT2D eigenvalue weighted by Gasteiger charge is -2.45. The van der Waals surface area contributed by atoms with Gasteiger partial charge in [0.25, 0.3) is 0 Å². The first kappa shape index (κ1) is 33.3.